The van der Waals surface area contributed by atoms with E-state index in [0.717, 1.165) is 24.3 Å². The van der Waals surface area contributed by atoms with Crippen molar-refractivity contribution in [2.45, 2.75) is 58.5 Å². The number of fused-ring (bicyclic) bond motifs is 2. The van der Waals surface area contributed by atoms with Crippen molar-refractivity contribution >= 4 is 5.91 Å². The van der Waals surface area contributed by atoms with E-state index < -0.39 is 0 Å². The summed E-state index contributed by atoms with van der Waals surface area (Å²) in [4.78, 5) is 11.7. The van der Waals surface area contributed by atoms with Crippen LogP contribution in [0.3, 0.4) is 0 Å². The van der Waals surface area contributed by atoms with Crippen LogP contribution in [0.25, 0.3) is 0 Å². The van der Waals surface area contributed by atoms with Gasteiger partial charge in [-0.3, -0.25) is 4.79 Å². The Kier molecular flexibility index (Phi) is 4.34. The number of nitrogens with one attached hydrogen (secondary N) is 2. The third kappa shape index (κ3) is 4.07. The first-order valence-corrected chi connectivity index (χ1v) is 7.58. The van der Waals surface area contributed by atoms with Gasteiger partial charge < -0.3 is 10.6 Å². The Labute approximate surface area is 117 Å². The molecule has 0 aromatic heterocycles. The minimum Gasteiger partial charge on any atom is -0.351 e. The zero-order valence-electron chi connectivity index (χ0n) is 12.7. The van der Waals surface area contributed by atoms with Gasteiger partial charge in [0.05, 0.1) is 0 Å². The molecule has 0 spiro atoms. The first-order valence-electron chi connectivity index (χ1n) is 7.58. The Morgan fingerprint density at radius 3 is 2.58 bits per heavy atom. The van der Waals surface area contributed by atoms with Crippen LogP contribution in [0.4, 0.5) is 0 Å². The summed E-state index contributed by atoms with van der Waals surface area (Å²) < 4.78 is 0. The van der Waals surface area contributed by atoms with Crippen LogP contribution in [0.15, 0.2) is 12.2 Å². The van der Waals surface area contributed by atoms with Gasteiger partial charge in [0.15, 0.2) is 0 Å². The van der Waals surface area contributed by atoms with Crippen molar-refractivity contribution in [3.63, 3.8) is 0 Å². The van der Waals surface area contributed by atoms with Crippen LogP contribution < -0.4 is 10.6 Å². The molecule has 2 aliphatic rings. The minimum absolute atomic E-state index is 0.127. The quantitative estimate of drug-likeness (QED) is 0.749. The fraction of sp³-hybridized carbons (Fsp3) is 0.812. The molecule has 0 saturated heterocycles. The third-order valence-electron chi connectivity index (χ3n) is 4.31. The lowest BCUT2D eigenvalue weighted by Gasteiger charge is -2.26. The van der Waals surface area contributed by atoms with Crippen LogP contribution in [0.5, 0.6) is 0 Å². The van der Waals surface area contributed by atoms with Gasteiger partial charge in [-0.25, -0.2) is 0 Å². The van der Waals surface area contributed by atoms with Crippen LogP contribution in [0.1, 0.15) is 47.0 Å². The lowest BCUT2D eigenvalue weighted by molar-refractivity contribution is -0.122. The first-order chi connectivity index (χ1) is 8.85. The standard InChI is InChI=1S/C16H28N2O/c1-11(14-10-12-5-6-13(14)9-12)17-8-7-15(19)18-16(2,3)4/h5-6,11-14,17H,7-10H2,1-4H3,(H,18,19). The molecule has 2 rings (SSSR count). The SMILES string of the molecule is CC(NCCC(=O)NC(C)(C)C)C1CC2C=CC1C2. The number of hydrogen-bond acceptors (Lipinski definition) is 2. The Morgan fingerprint density at radius 1 is 1.32 bits per heavy atom. The Hall–Kier alpha value is -0.830. The molecule has 3 heteroatoms. The highest BCUT2D eigenvalue weighted by molar-refractivity contribution is 5.76. The van der Waals surface area contributed by atoms with E-state index in [4.69, 9.17) is 0 Å². The summed E-state index contributed by atoms with van der Waals surface area (Å²) in [7, 11) is 0. The zero-order valence-corrected chi connectivity index (χ0v) is 12.7. The Bertz CT molecular complexity index is 356. The number of rotatable bonds is 5. The van der Waals surface area contributed by atoms with Gasteiger partial charge in [-0.1, -0.05) is 12.2 Å². The second-order valence-corrected chi connectivity index (χ2v) is 7.24. The van der Waals surface area contributed by atoms with E-state index >= 15 is 0 Å². The molecule has 1 amide bonds. The van der Waals surface area contributed by atoms with Gasteiger partial charge in [0.1, 0.15) is 0 Å². The number of allylic oxidation sites excluding steroid dienone is 2. The highest BCUT2D eigenvalue weighted by Gasteiger charge is 2.38. The number of amides is 1. The van der Waals surface area contributed by atoms with E-state index in [1.54, 1.807) is 0 Å². The molecule has 0 heterocycles. The molecule has 2 N–H and O–H groups in total. The predicted octanol–water partition coefficient (Wildman–Crippen LogP) is 2.48. The molecule has 0 radical (unpaired) electrons. The van der Waals surface area contributed by atoms with E-state index in [9.17, 15) is 4.79 Å². The summed E-state index contributed by atoms with van der Waals surface area (Å²) in [6.07, 6.45) is 8.01. The van der Waals surface area contributed by atoms with E-state index in [1.165, 1.54) is 12.8 Å². The molecule has 108 valence electrons. The van der Waals surface area contributed by atoms with Crippen molar-refractivity contribution < 1.29 is 4.79 Å². The minimum atomic E-state index is -0.127. The van der Waals surface area contributed by atoms with Crippen LogP contribution in [-0.4, -0.2) is 24.0 Å². The molecule has 0 aromatic carbocycles. The van der Waals surface area contributed by atoms with Gasteiger partial charge in [0, 0.05) is 24.5 Å². The van der Waals surface area contributed by atoms with Crippen LogP contribution in [-0.2, 0) is 4.79 Å². The molecule has 0 aliphatic heterocycles. The van der Waals surface area contributed by atoms with Gasteiger partial charge in [-0.05, 0) is 58.3 Å². The molecule has 2 aliphatic carbocycles. The summed E-state index contributed by atoms with van der Waals surface area (Å²) in [5.41, 5.74) is -0.127. The summed E-state index contributed by atoms with van der Waals surface area (Å²) in [5, 5.41) is 6.53. The smallest absolute Gasteiger partial charge is 0.221 e. The van der Waals surface area contributed by atoms with Gasteiger partial charge in [0.25, 0.3) is 0 Å². The van der Waals surface area contributed by atoms with Gasteiger partial charge in [-0.2, -0.15) is 0 Å². The predicted molar refractivity (Wildman–Crippen MR) is 78.8 cm³/mol. The molecule has 4 unspecified atom stereocenters. The maximum atomic E-state index is 11.7. The zero-order chi connectivity index (χ0) is 14.0. The molecule has 3 nitrogen and oxygen atoms in total. The van der Waals surface area contributed by atoms with Crippen molar-refractivity contribution in [1.82, 2.24) is 10.6 Å². The number of hydrogen-bond donors (Lipinski definition) is 2. The average Bonchev–Trinajstić information content (AvgIpc) is 2.87. The Balaban J connectivity index is 1.66. The fourth-order valence-electron chi connectivity index (χ4n) is 3.44. The monoisotopic (exact) mass is 264 g/mol. The average molecular weight is 264 g/mol. The van der Waals surface area contributed by atoms with Crippen molar-refractivity contribution in [2.75, 3.05) is 6.54 Å². The molecule has 1 saturated carbocycles. The summed E-state index contributed by atoms with van der Waals surface area (Å²) in [6.45, 7) is 9.09. The second kappa shape index (κ2) is 5.66. The van der Waals surface area contributed by atoms with Crippen LogP contribution >= 0.6 is 0 Å². The summed E-state index contributed by atoms with van der Waals surface area (Å²) in [5.74, 6) is 2.50. The fourth-order valence-corrected chi connectivity index (χ4v) is 3.44. The lowest BCUT2D eigenvalue weighted by Crippen LogP contribution is -2.43. The normalized spacial score (nSPS) is 30.6. The molecular formula is C16H28N2O. The molecule has 1 fully saturated rings. The Morgan fingerprint density at radius 2 is 2.05 bits per heavy atom. The van der Waals surface area contributed by atoms with E-state index in [1.807, 2.05) is 20.8 Å². The van der Waals surface area contributed by atoms with Gasteiger partial charge in [0.2, 0.25) is 5.91 Å². The van der Waals surface area contributed by atoms with Crippen molar-refractivity contribution in [3.05, 3.63) is 12.2 Å². The third-order valence-corrected chi connectivity index (χ3v) is 4.31. The van der Waals surface area contributed by atoms with Gasteiger partial charge >= 0.3 is 0 Å². The molecule has 19 heavy (non-hydrogen) atoms. The lowest BCUT2D eigenvalue weighted by atomic mass is 9.87. The largest absolute Gasteiger partial charge is 0.351 e. The molecular weight excluding hydrogens is 236 g/mol. The summed E-state index contributed by atoms with van der Waals surface area (Å²) >= 11 is 0. The van der Waals surface area contributed by atoms with Gasteiger partial charge in [-0.15, -0.1) is 0 Å². The van der Waals surface area contributed by atoms with E-state index in [2.05, 4.69) is 29.7 Å². The maximum Gasteiger partial charge on any atom is 0.221 e. The van der Waals surface area contributed by atoms with Crippen molar-refractivity contribution in [2.24, 2.45) is 17.8 Å². The molecule has 4 atom stereocenters. The van der Waals surface area contributed by atoms with Crippen molar-refractivity contribution in [3.8, 4) is 0 Å². The van der Waals surface area contributed by atoms with E-state index in [-0.39, 0.29) is 11.4 Å². The highest BCUT2D eigenvalue weighted by atomic mass is 16.1. The molecule has 2 bridgehead atoms. The second-order valence-electron chi connectivity index (χ2n) is 7.24. The topological polar surface area (TPSA) is 41.1 Å². The van der Waals surface area contributed by atoms with Crippen LogP contribution in [0, 0.1) is 17.8 Å². The summed E-state index contributed by atoms with van der Waals surface area (Å²) in [6, 6.07) is 0.516. The molecule has 0 aromatic rings. The van der Waals surface area contributed by atoms with Crippen LogP contribution in [0.2, 0.25) is 0 Å². The first kappa shape index (κ1) is 14.6. The number of carbonyl (C=O) groups is 1. The van der Waals surface area contributed by atoms with Crippen molar-refractivity contribution in [1.29, 1.82) is 0 Å². The van der Waals surface area contributed by atoms with E-state index in [0.29, 0.717) is 12.5 Å². The highest BCUT2D eigenvalue weighted by Crippen LogP contribution is 2.44. The maximum absolute atomic E-state index is 11.7. The number of carbonyl (C=O) groups excluding carboxylic acids is 1.